The van der Waals surface area contributed by atoms with Gasteiger partial charge in [0, 0.05) is 24.5 Å². The number of hydrogen-bond donors (Lipinski definition) is 2. The van der Waals surface area contributed by atoms with E-state index in [1.54, 1.807) is 13.8 Å². The summed E-state index contributed by atoms with van der Waals surface area (Å²) in [5.41, 5.74) is 0.600. The molecule has 2 N–H and O–H groups in total. The number of aromatic nitrogens is 2. The van der Waals surface area contributed by atoms with Crippen LogP contribution in [0.25, 0.3) is 0 Å². The van der Waals surface area contributed by atoms with Gasteiger partial charge in [-0.15, -0.1) is 0 Å². The number of H-pyrrole nitrogens is 1. The molecule has 0 radical (unpaired) electrons. The van der Waals surface area contributed by atoms with Crippen LogP contribution in [0.5, 0.6) is 0 Å². The minimum Gasteiger partial charge on any atom is -0.342 e. The Kier molecular flexibility index (Phi) is 4.86. The summed E-state index contributed by atoms with van der Waals surface area (Å²) in [6.07, 6.45) is 1.24. The first kappa shape index (κ1) is 17.9. The lowest BCUT2D eigenvalue weighted by molar-refractivity contribution is -0.140. The van der Waals surface area contributed by atoms with Crippen LogP contribution in [0.2, 0.25) is 0 Å². The van der Waals surface area contributed by atoms with E-state index in [-0.39, 0.29) is 16.8 Å². The lowest BCUT2D eigenvalue weighted by atomic mass is 9.93. The zero-order valence-electron chi connectivity index (χ0n) is 14.4. The van der Waals surface area contributed by atoms with Crippen molar-refractivity contribution in [2.75, 3.05) is 13.1 Å². The molecule has 1 aliphatic rings. The van der Waals surface area contributed by atoms with Crippen LogP contribution in [-0.2, 0) is 14.8 Å². The minimum absolute atomic E-state index is 0.111. The number of aryl methyl sites for hydroxylation is 2. The third-order valence-electron chi connectivity index (χ3n) is 4.07. The molecule has 0 unspecified atom stereocenters. The number of amides is 1. The third-order valence-corrected chi connectivity index (χ3v) is 5.86. The number of rotatable bonds is 3. The molecule has 130 valence electrons. The molecule has 1 aliphatic heterocycles. The van der Waals surface area contributed by atoms with Crippen molar-refractivity contribution in [3.63, 3.8) is 0 Å². The molecule has 0 aliphatic carbocycles. The van der Waals surface area contributed by atoms with Crippen LogP contribution in [-0.4, -0.2) is 48.6 Å². The van der Waals surface area contributed by atoms with Crippen LogP contribution >= 0.6 is 0 Å². The Morgan fingerprint density at radius 3 is 2.26 bits per heavy atom. The lowest BCUT2D eigenvalue weighted by Gasteiger charge is -2.35. The number of nitrogens with zero attached hydrogens (tertiary/aromatic N) is 2. The lowest BCUT2D eigenvalue weighted by Crippen LogP contribution is -2.49. The Morgan fingerprint density at radius 2 is 1.83 bits per heavy atom. The largest absolute Gasteiger partial charge is 0.342 e. The Bertz CT molecular complexity index is 661. The highest BCUT2D eigenvalue weighted by Gasteiger charge is 2.32. The zero-order chi connectivity index (χ0) is 17.4. The van der Waals surface area contributed by atoms with Gasteiger partial charge in [0.05, 0.1) is 11.4 Å². The Hall–Kier alpha value is -1.41. The summed E-state index contributed by atoms with van der Waals surface area (Å²) in [4.78, 5) is 14.3. The average Bonchev–Trinajstić information content (AvgIpc) is 2.77. The predicted molar refractivity (Wildman–Crippen MR) is 87.4 cm³/mol. The molecular weight excluding hydrogens is 316 g/mol. The number of piperidine rings is 1. The summed E-state index contributed by atoms with van der Waals surface area (Å²) in [6.45, 7) is 10.2. The monoisotopic (exact) mass is 342 g/mol. The summed E-state index contributed by atoms with van der Waals surface area (Å²) in [7, 11) is -3.59. The minimum atomic E-state index is -3.59. The van der Waals surface area contributed by atoms with Gasteiger partial charge < -0.3 is 4.90 Å². The molecule has 0 spiro atoms. The molecule has 0 bridgehead atoms. The maximum absolute atomic E-state index is 12.5. The molecule has 0 saturated carbocycles. The highest BCUT2D eigenvalue weighted by atomic mass is 32.2. The number of nitrogens with one attached hydrogen (secondary N) is 2. The summed E-state index contributed by atoms with van der Waals surface area (Å²) in [6, 6.07) is -0.155. The second-order valence-electron chi connectivity index (χ2n) is 7.20. The fraction of sp³-hybridized carbons (Fsp3) is 0.733. The molecule has 2 heterocycles. The van der Waals surface area contributed by atoms with Gasteiger partial charge in [0.25, 0.3) is 0 Å². The fourth-order valence-corrected chi connectivity index (χ4v) is 4.57. The van der Waals surface area contributed by atoms with Crippen LogP contribution in [0.15, 0.2) is 4.90 Å². The van der Waals surface area contributed by atoms with Crippen molar-refractivity contribution in [2.45, 2.75) is 58.4 Å². The number of carbonyl (C=O) groups excluding carboxylic acids is 1. The molecule has 2 rings (SSSR count). The van der Waals surface area contributed by atoms with Gasteiger partial charge in [-0.05, 0) is 26.7 Å². The first-order valence-electron chi connectivity index (χ1n) is 7.85. The number of carbonyl (C=O) groups is 1. The van der Waals surface area contributed by atoms with Crippen LogP contribution in [0, 0.1) is 19.3 Å². The molecule has 1 fully saturated rings. The molecule has 0 atom stereocenters. The third kappa shape index (κ3) is 3.92. The molecule has 7 nitrogen and oxygen atoms in total. The van der Waals surface area contributed by atoms with E-state index in [0.717, 1.165) is 0 Å². The summed E-state index contributed by atoms with van der Waals surface area (Å²) < 4.78 is 27.8. The Labute approximate surface area is 137 Å². The molecule has 1 saturated heterocycles. The predicted octanol–water partition coefficient (Wildman–Crippen LogP) is 1.34. The van der Waals surface area contributed by atoms with Crippen molar-refractivity contribution >= 4 is 15.9 Å². The topological polar surface area (TPSA) is 95.2 Å². The van der Waals surface area contributed by atoms with Crippen LogP contribution in [0.1, 0.15) is 45.0 Å². The van der Waals surface area contributed by atoms with E-state index in [1.165, 1.54) is 0 Å². The van der Waals surface area contributed by atoms with Gasteiger partial charge >= 0.3 is 0 Å². The van der Waals surface area contributed by atoms with Crippen LogP contribution in [0.4, 0.5) is 0 Å². The SMILES string of the molecule is Cc1n[nH]c(C)c1S(=O)(=O)NC1CCN(C(=O)C(C)(C)C)CC1. The number of likely N-dealkylation sites (tertiary alicyclic amines) is 1. The normalized spacial score (nSPS) is 17.5. The number of hydrogen-bond acceptors (Lipinski definition) is 4. The van der Waals surface area contributed by atoms with Crippen LogP contribution < -0.4 is 4.72 Å². The van der Waals surface area contributed by atoms with E-state index < -0.39 is 15.4 Å². The maximum Gasteiger partial charge on any atom is 0.244 e. The highest BCUT2D eigenvalue weighted by Crippen LogP contribution is 2.23. The van der Waals surface area contributed by atoms with E-state index >= 15 is 0 Å². The Balaban J connectivity index is 2.01. The van der Waals surface area contributed by atoms with Crippen molar-refractivity contribution in [2.24, 2.45) is 5.41 Å². The van der Waals surface area contributed by atoms with E-state index in [0.29, 0.717) is 37.3 Å². The van der Waals surface area contributed by atoms with Crippen molar-refractivity contribution < 1.29 is 13.2 Å². The van der Waals surface area contributed by atoms with Gasteiger partial charge in [-0.3, -0.25) is 9.89 Å². The fourth-order valence-electron chi connectivity index (χ4n) is 2.89. The van der Waals surface area contributed by atoms with Gasteiger partial charge in [0.2, 0.25) is 15.9 Å². The highest BCUT2D eigenvalue weighted by molar-refractivity contribution is 7.89. The maximum atomic E-state index is 12.5. The van der Waals surface area contributed by atoms with Gasteiger partial charge in [-0.25, -0.2) is 13.1 Å². The Morgan fingerprint density at radius 1 is 1.26 bits per heavy atom. The first-order chi connectivity index (χ1) is 10.5. The van der Waals surface area contributed by atoms with E-state index in [2.05, 4.69) is 14.9 Å². The van der Waals surface area contributed by atoms with E-state index in [1.807, 2.05) is 25.7 Å². The van der Waals surface area contributed by atoms with Gasteiger partial charge in [0.15, 0.2) is 0 Å². The van der Waals surface area contributed by atoms with Crippen LogP contribution in [0.3, 0.4) is 0 Å². The van der Waals surface area contributed by atoms with Gasteiger partial charge in [0.1, 0.15) is 4.90 Å². The standard InChI is InChI=1S/C15H26N4O3S/c1-10-13(11(2)17-16-10)23(21,22)18-12-6-8-19(9-7-12)14(20)15(3,4)5/h12,18H,6-9H2,1-5H3,(H,16,17). The molecule has 8 heteroatoms. The second kappa shape index (κ2) is 6.24. The van der Waals surface area contributed by atoms with Crippen molar-refractivity contribution in [1.82, 2.24) is 19.8 Å². The zero-order valence-corrected chi connectivity index (χ0v) is 15.2. The van der Waals surface area contributed by atoms with E-state index in [4.69, 9.17) is 0 Å². The summed E-state index contributed by atoms with van der Waals surface area (Å²) >= 11 is 0. The molecule has 23 heavy (non-hydrogen) atoms. The summed E-state index contributed by atoms with van der Waals surface area (Å²) in [5, 5.41) is 6.64. The molecule has 1 aromatic heterocycles. The first-order valence-corrected chi connectivity index (χ1v) is 9.34. The van der Waals surface area contributed by atoms with Gasteiger partial charge in [-0.1, -0.05) is 20.8 Å². The van der Waals surface area contributed by atoms with Gasteiger partial charge in [-0.2, -0.15) is 5.10 Å². The number of sulfonamides is 1. The quantitative estimate of drug-likeness (QED) is 0.866. The summed E-state index contributed by atoms with van der Waals surface area (Å²) in [5.74, 6) is 0.111. The molecule has 1 amide bonds. The second-order valence-corrected chi connectivity index (χ2v) is 8.85. The smallest absolute Gasteiger partial charge is 0.244 e. The van der Waals surface area contributed by atoms with Crippen molar-refractivity contribution in [3.8, 4) is 0 Å². The van der Waals surface area contributed by atoms with Crippen molar-refractivity contribution in [3.05, 3.63) is 11.4 Å². The number of aromatic amines is 1. The molecular formula is C15H26N4O3S. The van der Waals surface area contributed by atoms with E-state index in [9.17, 15) is 13.2 Å². The molecule has 1 aromatic rings. The van der Waals surface area contributed by atoms with Crippen molar-refractivity contribution in [1.29, 1.82) is 0 Å². The molecule has 0 aromatic carbocycles. The average molecular weight is 342 g/mol.